The first-order valence-corrected chi connectivity index (χ1v) is 5.96. The number of nitrogens with zero attached hydrogens (tertiary/aromatic N) is 1. The second-order valence-corrected chi connectivity index (χ2v) is 4.85. The topological polar surface area (TPSA) is 3.24 Å². The van der Waals surface area contributed by atoms with Crippen LogP contribution in [-0.4, -0.2) is 18.5 Å². The van der Waals surface area contributed by atoms with Crippen LogP contribution in [0, 0.1) is 13.8 Å². The fraction of sp³-hybridized carbons (Fsp3) is 0.571. The van der Waals surface area contributed by atoms with Crippen molar-refractivity contribution >= 4 is 0 Å². The summed E-state index contributed by atoms with van der Waals surface area (Å²) in [4.78, 5) is 2.51. The van der Waals surface area contributed by atoms with Crippen LogP contribution in [-0.2, 0) is 0 Å². The summed E-state index contributed by atoms with van der Waals surface area (Å²) in [5.41, 5.74) is 4.37. The van der Waals surface area contributed by atoms with Crippen LogP contribution in [0.5, 0.6) is 0 Å². The molecule has 1 unspecified atom stereocenters. The number of hydrogen-bond acceptors (Lipinski definition) is 1. The molecular formula is C14H21N. The molecule has 1 saturated heterocycles. The molecule has 0 aromatic heterocycles. The van der Waals surface area contributed by atoms with Gasteiger partial charge in [-0.05, 0) is 51.4 Å². The van der Waals surface area contributed by atoms with E-state index in [9.17, 15) is 0 Å². The Kier molecular flexibility index (Phi) is 3.11. The van der Waals surface area contributed by atoms with Crippen molar-refractivity contribution < 1.29 is 0 Å². The van der Waals surface area contributed by atoms with Gasteiger partial charge in [0.15, 0.2) is 0 Å². The van der Waals surface area contributed by atoms with Crippen LogP contribution >= 0.6 is 0 Å². The minimum Gasteiger partial charge on any atom is -0.299 e. The van der Waals surface area contributed by atoms with Crippen LogP contribution in [0.25, 0.3) is 0 Å². The lowest BCUT2D eigenvalue weighted by atomic mass is 9.92. The van der Waals surface area contributed by atoms with Crippen molar-refractivity contribution in [2.75, 3.05) is 13.6 Å². The highest BCUT2D eigenvalue weighted by molar-refractivity contribution is 5.33. The van der Waals surface area contributed by atoms with Crippen molar-refractivity contribution in [1.29, 1.82) is 0 Å². The number of likely N-dealkylation sites (tertiary alicyclic amines) is 1. The molecule has 15 heavy (non-hydrogen) atoms. The lowest BCUT2D eigenvalue weighted by molar-refractivity contribution is 0.187. The standard InChI is InChI=1S/C14H21N/c1-11-7-8-12(2)13(10-11)14-6-4-5-9-15(14)3/h7-8,10,14H,4-6,9H2,1-3H3. The molecule has 0 N–H and O–H groups in total. The molecule has 1 aliphatic rings. The highest BCUT2D eigenvalue weighted by Crippen LogP contribution is 2.31. The summed E-state index contributed by atoms with van der Waals surface area (Å²) in [7, 11) is 2.26. The normalized spacial score (nSPS) is 23.0. The molecule has 0 aliphatic carbocycles. The van der Waals surface area contributed by atoms with Crippen LogP contribution in [0.4, 0.5) is 0 Å². The minimum atomic E-state index is 0.652. The van der Waals surface area contributed by atoms with Crippen LogP contribution in [0.3, 0.4) is 0 Å². The van der Waals surface area contributed by atoms with Crippen molar-refractivity contribution in [3.05, 3.63) is 34.9 Å². The lowest BCUT2D eigenvalue weighted by Gasteiger charge is -2.33. The van der Waals surface area contributed by atoms with Crippen LogP contribution in [0.15, 0.2) is 18.2 Å². The van der Waals surface area contributed by atoms with Gasteiger partial charge in [-0.3, -0.25) is 4.90 Å². The summed E-state index contributed by atoms with van der Waals surface area (Å²) >= 11 is 0. The Bertz CT molecular complexity index is 343. The molecule has 2 rings (SSSR count). The molecule has 0 bridgehead atoms. The van der Waals surface area contributed by atoms with Gasteiger partial charge in [0.25, 0.3) is 0 Å². The van der Waals surface area contributed by atoms with Gasteiger partial charge in [0.05, 0.1) is 0 Å². The van der Waals surface area contributed by atoms with E-state index in [0.29, 0.717) is 6.04 Å². The summed E-state index contributed by atoms with van der Waals surface area (Å²) < 4.78 is 0. The van der Waals surface area contributed by atoms with Gasteiger partial charge in [-0.25, -0.2) is 0 Å². The molecule has 1 aromatic carbocycles. The molecular weight excluding hydrogens is 182 g/mol. The van der Waals surface area contributed by atoms with Gasteiger partial charge >= 0.3 is 0 Å². The second-order valence-electron chi connectivity index (χ2n) is 4.85. The first-order valence-electron chi connectivity index (χ1n) is 5.96. The second kappa shape index (κ2) is 4.36. The van der Waals surface area contributed by atoms with Crippen molar-refractivity contribution in [1.82, 2.24) is 4.90 Å². The van der Waals surface area contributed by atoms with Gasteiger partial charge in [-0.15, -0.1) is 0 Å². The van der Waals surface area contributed by atoms with Crippen molar-refractivity contribution in [2.24, 2.45) is 0 Å². The van der Waals surface area contributed by atoms with Gasteiger partial charge in [-0.1, -0.05) is 30.2 Å². The average molecular weight is 203 g/mol. The maximum absolute atomic E-state index is 2.51. The molecule has 1 fully saturated rings. The molecule has 0 spiro atoms. The Morgan fingerprint density at radius 1 is 1.20 bits per heavy atom. The first-order chi connectivity index (χ1) is 7.18. The average Bonchev–Trinajstić information content (AvgIpc) is 2.23. The molecule has 0 saturated carbocycles. The van der Waals surface area contributed by atoms with E-state index in [-0.39, 0.29) is 0 Å². The van der Waals surface area contributed by atoms with Gasteiger partial charge in [-0.2, -0.15) is 0 Å². The quantitative estimate of drug-likeness (QED) is 0.675. The summed E-state index contributed by atoms with van der Waals surface area (Å²) in [5.74, 6) is 0. The monoisotopic (exact) mass is 203 g/mol. The van der Waals surface area contributed by atoms with Crippen LogP contribution in [0.1, 0.15) is 42.0 Å². The van der Waals surface area contributed by atoms with Gasteiger partial charge in [0.2, 0.25) is 0 Å². The van der Waals surface area contributed by atoms with E-state index in [1.165, 1.54) is 42.5 Å². The molecule has 1 heteroatoms. The van der Waals surface area contributed by atoms with Gasteiger partial charge in [0.1, 0.15) is 0 Å². The number of aryl methyl sites for hydroxylation is 2. The van der Waals surface area contributed by atoms with Gasteiger partial charge in [0, 0.05) is 6.04 Å². The highest BCUT2D eigenvalue weighted by Gasteiger charge is 2.21. The highest BCUT2D eigenvalue weighted by atomic mass is 15.1. The summed E-state index contributed by atoms with van der Waals surface area (Å²) in [6.07, 6.45) is 4.06. The van der Waals surface area contributed by atoms with E-state index in [1.807, 2.05) is 0 Å². The van der Waals surface area contributed by atoms with E-state index < -0.39 is 0 Å². The summed E-state index contributed by atoms with van der Waals surface area (Å²) in [5, 5.41) is 0. The SMILES string of the molecule is Cc1ccc(C)c(C2CCCCN2C)c1. The van der Waals surface area contributed by atoms with E-state index in [2.05, 4.69) is 44.0 Å². The maximum Gasteiger partial charge on any atom is 0.0347 e. The fourth-order valence-corrected chi connectivity index (χ4v) is 2.59. The molecule has 1 heterocycles. The predicted molar refractivity (Wildman–Crippen MR) is 65.1 cm³/mol. The van der Waals surface area contributed by atoms with Crippen molar-refractivity contribution in [2.45, 2.75) is 39.2 Å². The smallest absolute Gasteiger partial charge is 0.0347 e. The molecule has 1 nitrogen and oxygen atoms in total. The fourth-order valence-electron chi connectivity index (χ4n) is 2.59. The number of benzene rings is 1. The molecule has 0 radical (unpaired) electrons. The zero-order valence-corrected chi connectivity index (χ0v) is 10.1. The van der Waals surface area contributed by atoms with Crippen molar-refractivity contribution in [3.63, 3.8) is 0 Å². The Morgan fingerprint density at radius 2 is 2.00 bits per heavy atom. The largest absolute Gasteiger partial charge is 0.299 e. The maximum atomic E-state index is 2.51. The number of piperidine rings is 1. The Morgan fingerprint density at radius 3 is 2.73 bits per heavy atom. The minimum absolute atomic E-state index is 0.652. The molecule has 82 valence electrons. The predicted octanol–water partition coefficient (Wildman–Crippen LogP) is 3.46. The summed E-state index contributed by atoms with van der Waals surface area (Å²) in [6.45, 7) is 5.67. The molecule has 1 atom stereocenters. The zero-order valence-electron chi connectivity index (χ0n) is 10.1. The van der Waals surface area contributed by atoms with Gasteiger partial charge < -0.3 is 0 Å². The van der Waals surface area contributed by atoms with E-state index in [4.69, 9.17) is 0 Å². The van der Waals surface area contributed by atoms with E-state index in [0.717, 1.165) is 0 Å². The Labute approximate surface area is 93.1 Å². The van der Waals surface area contributed by atoms with E-state index in [1.54, 1.807) is 0 Å². The third-order valence-corrected chi connectivity index (χ3v) is 3.56. The lowest BCUT2D eigenvalue weighted by Crippen LogP contribution is -2.30. The number of rotatable bonds is 1. The Hall–Kier alpha value is -0.820. The first kappa shape index (κ1) is 10.7. The number of hydrogen-bond donors (Lipinski definition) is 0. The zero-order chi connectivity index (χ0) is 10.8. The Balaban J connectivity index is 2.30. The molecule has 1 aromatic rings. The van der Waals surface area contributed by atoms with Crippen molar-refractivity contribution in [3.8, 4) is 0 Å². The van der Waals surface area contributed by atoms with E-state index >= 15 is 0 Å². The van der Waals surface area contributed by atoms with Crippen LogP contribution < -0.4 is 0 Å². The third kappa shape index (κ3) is 2.23. The molecule has 0 amide bonds. The molecule has 1 aliphatic heterocycles. The van der Waals surface area contributed by atoms with Crippen LogP contribution in [0.2, 0.25) is 0 Å². The summed E-state index contributed by atoms with van der Waals surface area (Å²) in [6, 6.07) is 7.48. The third-order valence-electron chi connectivity index (χ3n) is 3.56.